The highest BCUT2D eigenvalue weighted by Gasteiger charge is 2.22. The van der Waals surface area contributed by atoms with Crippen molar-refractivity contribution >= 4 is 11.6 Å². The third-order valence-corrected chi connectivity index (χ3v) is 3.30. The second-order valence-electron chi connectivity index (χ2n) is 4.52. The highest BCUT2D eigenvalue weighted by atomic mass is 16.1. The van der Waals surface area contributed by atoms with Crippen LogP contribution in [-0.4, -0.2) is 23.9 Å². The number of carbonyl (C=O) groups is 1. The number of Topliss-reactive ketones (excluding diaryl/α,β-unsaturated/α-hetero) is 1. The summed E-state index contributed by atoms with van der Waals surface area (Å²) in [4.78, 5) is 17.9. The first kappa shape index (κ1) is 11.1. The Morgan fingerprint density at radius 3 is 2.62 bits per heavy atom. The molecule has 1 aliphatic rings. The summed E-state index contributed by atoms with van der Waals surface area (Å²) in [7, 11) is 2.07. The number of anilines is 1. The van der Waals surface area contributed by atoms with E-state index in [1.807, 2.05) is 25.1 Å². The molecule has 0 aromatic carbocycles. The molecule has 1 saturated carbocycles. The maximum absolute atomic E-state index is 11.2. The van der Waals surface area contributed by atoms with E-state index in [-0.39, 0.29) is 0 Å². The van der Waals surface area contributed by atoms with Gasteiger partial charge in [-0.15, -0.1) is 0 Å². The van der Waals surface area contributed by atoms with Gasteiger partial charge in [0.2, 0.25) is 0 Å². The molecule has 0 saturated heterocycles. The number of nitrogens with zero attached hydrogens (tertiary/aromatic N) is 2. The van der Waals surface area contributed by atoms with Crippen molar-refractivity contribution in [3.63, 3.8) is 0 Å². The van der Waals surface area contributed by atoms with Crippen LogP contribution in [0.1, 0.15) is 31.4 Å². The van der Waals surface area contributed by atoms with Gasteiger partial charge in [-0.05, 0) is 31.9 Å². The van der Waals surface area contributed by atoms with E-state index in [0.29, 0.717) is 11.8 Å². The van der Waals surface area contributed by atoms with Crippen molar-refractivity contribution in [1.82, 2.24) is 4.98 Å². The maximum Gasteiger partial charge on any atom is 0.133 e. The fourth-order valence-electron chi connectivity index (χ4n) is 2.22. The van der Waals surface area contributed by atoms with Crippen LogP contribution in [-0.2, 0) is 4.79 Å². The van der Waals surface area contributed by atoms with Crippen LogP contribution in [0.25, 0.3) is 0 Å². The first-order chi connectivity index (χ1) is 7.66. The van der Waals surface area contributed by atoms with E-state index in [0.717, 1.165) is 37.2 Å². The van der Waals surface area contributed by atoms with Gasteiger partial charge in [0.05, 0.1) is 0 Å². The van der Waals surface area contributed by atoms with E-state index >= 15 is 0 Å². The smallest absolute Gasteiger partial charge is 0.133 e. The van der Waals surface area contributed by atoms with Crippen LogP contribution in [0.3, 0.4) is 0 Å². The Labute approximate surface area is 96.5 Å². The van der Waals surface area contributed by atoms with Gasteiger partial charge in [-0.2, -0.15) is 0 Å². The topological polar surface area (TPSA) is 33.2 Å². The summed E-state index contributed by atoms with van der Waals surface area (Å²) in [6.07, 6.45) is 3.37. The van der Waals surface area contributed by atoms with Gasteiger partial charge in [-0.3, -0.25) is 4.79 Å². The standard InChI is InChI=1S/C13H18N2O/c1-10-4-3-5-13(14-10)15(2)11-6-8-12(16)9-7-11/h3-5,11H,6-9H2,1-2H3. The van der Waals surface area contributed by atoms with Gasteiger partial charge in [0.1, 0.15) is 11.6 Å². The summed E-state index contributed by atoms with van der Waals surface area (Å²) in [5.41, 5.74) is 1.04. The van der Waals surface area contributed by atoms with E-state index in [2.05, 4.69) is 16.9 Å². The van der Waals surface area contributed by atoms with Crippen molar-refractivity contribution in [2.24, 2.45) is 0 Å². The minimum absolute atomic E-state index is 0.404. The van der Waals surface area contributed by atoms with Gasteiger partial charge in [-0.25, -0.2) is 4.98 Å². The number of aromatic nitrogens is 1. The van der Waals surface area contributed by atoms with Crippen LogP contribution in [0.5, 0.6) is 0 Å². The molecule has 1 aliphatic carbocycles. The molecule has 0 atom stereocenters. The summed E-state index contributed by atoms with van der Waals surface area (Å²) in [6.45, 7) is 2.00. The van der Waals surface area contributed by atoms with Gasteiger partial charge in [0, 0.05) is 31.6 Å². The van der Waals surface area contributed by atoms with Crippen LogP contribution >= 0.6 is 0 Å². The lowest BCUT2D eigenvalue weighted by Gasteiger charge is -2.31. The van der Waals surface area contributed by atoms with Crippen LogP contribution in [0, 0.1) is 6.92 Å². The molecule has 1 aromatic rings. The van der Waals surface area contributed by atoms with Crippen molar-refractivity contribution < 1.29 is 4.79 Å². The molecule has 0 radical (unpaired) electrons. The number of aryl methyl sites for hydroxylation is 1. The van der Waals surface area contributed by atoms with E-state index in [1.54, 1.807) is 0 Å². The monoisotopic (exact) mass is 218 g/mol. The summed E-state index contributed by atoms with van der Waals surface area (Å²) in [5, 5.41) is 0. The summed E-state index contributed by atoms with van der Waals surface area (Å²) in [5.74, 6) is 1.42. The predicted molar refractivity (Wildman–Crippen MR) is 64.6 cm³/mol. The molecule has 0 unspecified atom stereocenters. The predicted octanol–water partition coefficient (Wildman–Crippen LogP) is 2.34. The lowest BCUT2D eigenvalue weighted by Crippen LogP contribution is -2.35. The highest BCUT2D eigenvalue weighted by Crippen LogP contribution is 2.23. The molecule has 2 rings (SSSR count). The Balaban J connectivity index is 2.07. The number of ketones is 1. The van der Waals surface area contributed by atoms with Crippen LogP contribution < -0.4 is 4.90 Å². The molecular weight excluding hydrogens is 200 g/mol. The molecule has 3 heteroatoms. The molecule has 0 aliphatic heterocycles. The van der Waals surface area contributed by atoms with E-state index in [9.17, 15) is 4.79 Å². The van der Waals surface area contributed by atoms with E-state index in [1.165, 1.54) is 0 Å². The Bertz CT molecular complexity index is 379. The minimum atomic E-state index is 0.404. The van der Waals surface area contributed by atoms with Gasteiger partial charge in [-0.1, -0.05) is 6.07 Å². The molecule has 1 heterocycles. The molecule has 1 fully saturated rings. The SMILES string of the molecule is Cc1cccc(N(C)C2CCC(=O)CC2)n1. The van der Waals surface area contributed by atoms with Crippen molar-refractivity contribution in [3.8, 4) is 0 Å². The molecule has 0 N–H and O–H groups in total. The zero-order valence-electron chi connectivity index (χ0n) is 9.94. The lowest BCUT2D eigenvalue weighted by atomic mass is 9.93. The van der Waals surface area contributed by atoms with Crippen molar-refractivity contribution in [2.75, 3.05) is 11.9 Å². The molecule has 0 spiro atoms. The van der Waals surface area contributed by atoms with Gasteiger partial charge >= 0.3 is 0 Å². The van der Waals surface area contributed by atoms with Crippen molar-refractivity contribution in [1.29, 1.82) is 0 Å². The van der Waals surface area contributed by atoms with E-state index < -0.39 is 0 Å². The lowest BCUT2D eigenvalue weighted by molar-refractivity contribution is -0.120. The average Bonchev–Trinajstić information content (AvgIpc) is 2.29. The Morgan fingerprint density at radius 2 is 2.00 bits per heavy atom. The fraction of sp³-hybridized carbons (Fsp3) is 0.538. The first-order valence-corrected chi connectivity index (χ1v) is 5.85. The van der Waals surface area contributed by atoms with E-state index in [4.69, 9.17) is 0 Å². The molecule has 3 nitrogen and oxygen atoms in total. The van der Waals surface area contributed by atoms with Crippen LogP contribution in [0.4, 0.5) is 5.82 Å². The molecule has 16 heavy (non-hydrogen) atoms. The molecule has 0 bridgehead atoms. The average molecular weight is 218 g/mol. The minimum Gasteiger partial charge on any atom is -0.357 e. The number of carbonyl (C=O) groups excluding carboxylic acids is 1. The molecule has 1 aromatic heterocycles. The molecule has 86 valence electrons. The maximum atomic E-state index is 11.2. The fourth-order valence-corrected chi connectivity index (χ4v) is 2.22. The quantitative estimate of drug-likeness (QED) is 0.764. The third kappa shape index (κ3) is 2.40. The van der Waals surface area contributed by atoms with Gasteiger partial charge in [0.25, 0.3) is 0 Å². The zero-order chi connectivity index (χ0) is 11.5. The van der Waals surface area contributed by atoms with Crippen molar-refractivity contribution in [3.05, 3.63) is 23.9 Å². The summed E-state index contributed by atoms with van der Waals surface area (Å²) < 4.78 is 0. The zero-order valence-corrected chi connectivity index (χ0v) is 9.94. The van der Waals surface area contributed by atoms with Crippen molar-refractivity contribution in [2.45, 2.75) is 38.6 Å². The summed E-state index contributed by atoms with van der Waals surface area (Å²) >= 11 is 0. The third-order valence-electron chi connectivity index (χ3n) is 3.30. The largest absolute Gasteiger partial charge is 0.357 e. The second-order valence-corrected chi connectivity index (χ2v) is 4.52. The number of rotatable bonds is 2. The molecular formula is C13H18N2O. The Hall–Kier alpha value is -1.38. The Kier molecular flexibility index (Phi) is 3.22. The first-order valence-electron chi connectivity index (χ1n) is 5.85. The Morgan fingerprint density at radius 1 is 1.31 bits per heavy atom. The number of pyridine rings is 1. The van der Waals surface area contributed by atoms with Crippen LogP contribution in [0.15, 0.2) is 18.2 Å². The molecule has 0 amide bonds. The highest BCUT2D eigenvalue weighted by molar-refractivity contribution is 5.79. The summed E-state index contributed by atoms with van der Waals surface area (Å²) in [6, 6.07) is 6.53. The normalized spacial score (nSPS) is 17.5. The van der Waals surface area contributed by atoms with Gasteiger partial charge < -0.3 is 4.90 Å². The van der Waals surface area contributed by atoms with Gasteiger partial charge in [0.15, 0.2) is 0 Å². The number of hydrogen-bond donors (Lipinski definition) is 0. The number of hydrogen-bond acceptors (Lipinski definition) is 3. The van der Waals surface area contributed by atoms with Crippen LogP contribution in [0.2, 0.25) is 0 Å². The second kappa shape index (κ2) is 4.64.